The number of aliphatic hydroxyl groups excluding tert-OH is 1. The maximum atomic E-state index is 9.26. The second kappa shape index (κ2) is 7.30. The molecule has 0 bridgehead atoms. The molecular formula is C16H19ClN4O. The van der Waals surface area contributed by atoms with Crippen LogP contribution >= 0.6 is 11.6 Å². The molecule has 1 atom stereocenters. The number of hydrogen-bond acceptors (Lipinski definition) is 5. The van der Waals surface area contributed by atoms with Crippen molar-refractivity contribution in [3.8, 4) is 11.8 Å². The Hall–Kier alpha value is -2.03. The highest BCUT2D eigenvalue weighted by molar-refractivity contribution is 6.32. The summed E-state index contributed by atoms with van der Waals surface area (Å²) in [6.45, 7) is 7.12. The summed E-state index contributed by atoms with van der Waals surface area (Å²) in [5.74, 6) is 6.95. The van der Waals surface area contributed by atoms with E-state index in [-0.39, 0.29) is 0 Å². The maximum absolute atomic E-state index is 9.26. The van der Waals surface area contributed by atoms with Crippen LogP contribution in [-0.2, 0) is 0 Å². The van der Waals surface area contributed by atoms with Crippen molar-refractivity contribution in [3.05, 3.63) is 22.7 Å². The number of aromatic nitrogens is 2. The van der Waals surface area contributed by atoms with Gasteiger partial charge in [-0.15, -0.1) is 0 Å². The molecule has 2 aromatic rings. The summed E-state index contributed by atoms with van der Waals surface area (Å²) in [6.07, 6.45) is -0.703. The lowest BCUT2D eigenvalue weighted by atomic mass is 10.2. The van der Waals surface area contributed by atoms with Crippen LogP contribution in [0.4, 0.5) is 11.6 Å². The molecule has 5 nitrogen and oxygen atoms in total. The van der Waals surface area contributed by atoms with Crippen LogP contribution in [0.1, 0.15) is 26.3 Å². The summed E-state index contributed by atoms with van der Waals surface area (Å²) in [5, 5.41) is 16.1. The third kappa shape index (κ3) is 3.79. The Morgan fingerprint density at radius 3 is 2.18 bits per heavy atom. The maximum Gasteiger partial charge on any atom is 0.169 e. The van der Waals surface area contributed by atoms with Gasteiger partial charge < -0.3 is 15.7 Å². The predicted molar refractivity (Wildman–Crippen MR) is 91.4 cm³/mol. The van der Waals surface area contributed by atoms with Crippen LogP contribution < -0.4 is 10.6 Å². The van der Waals surface area contributed by atoms with Crippen molar-refractivity contribution < 1.29 is 5.11 Å². The van der Waals surface area contributed by atoms with E-state index >= 15 is 0 Å². The number of nitrogens with one attached hydrogen (secondary N) is 2. The van der Waals surface area contributed by atoms with Crippen molar-refractivity contribution in [2.45, 2.75) is 26.9 Å². The first-order valence-corrected chi connectivity index (χ1v) is 7.61. The minimum absolute atomic E-state index is 0.494. The van der Waals surface area contributed by atoms with Gasteiger partial charge in [0.15, 0.2) is 11.6 Å². The van der Waals surface area contributed by atoms with E-state index in [1.54, 1.807) is 19.1 Å². The van der Waals surface area contributed by atoms with Gasteiger partial charge in [0.05, 0.1) is 16.1 Å². The van der Waals surface area contributed by atoms with E-state index in [2.05, 4.69) is 32.4 Å². The average Bonchev–Trinajstić information content (AvgIpc) is 2.46. The van der Waals surface area contributed by atoms with Gasteiger partial charge in [0.1, 0.15) is 6.10 Å². The average molecular weight is 319 g/mol. The summed E-state index contributed by atoms with van der Waals surface area (Å²) >= 11 is 6.23. The molecule has 6 heteroatoms. The fraction of sp³-hybridized carbons (Fsp3) is 0.375. The second-order valence-electron chi connectivity index (χ2n) is 4.75. The smallest absolute Gasteiger partial charge is 0.169 e. The zero-order valence-electron chi connectivity index (χ0n) is 12.9. The number of hydrogen-bond donors (Lipinski definition) is 3. The molecule has 0 aliphatic rings. The molecule has 2 rings (SSSR count). The topological polar surface area (TPSA) is 70.1 Å². The van der Waals surface area contributed by atoms with Crippen molar-refractivity contribution in [3.63, 3.8) is 0 Å². The molecule has 0 aliphatic heterocycles. The van der Waals surface area contributed by atoms with Gasteiger partial charge in [-0.3, -0.25) is 0 Å². The van der Waals surface area contributed by atoms with E-state index in [1.165, 1.54) is 0 Å². The number of fused-ring (bicyclic) bond motifs is 1. The van der Waals surface area contributed by atoms with Crippen LogP contribution in [0.5, 0.6) is 0 Å². The molecule has 3 N–H and O–H groups in total. The van der Waals surface area contributed by atoms with Gasteiger partial charge in [-0.25, -0.2) is 9.97 Å². The van der Waals surface area contributed by atoms with Crippen LogP contribution in [0.15, 0.2) is 12.1 Å². The summed E-state index contributed by atoms with van der Waals surface area (Å²) < 4.78 is 0. The Morgan fingerprint density at radius 2 is 1.68 bits per heavy atom. The quantitative estimate of drug-likeness (QED) is 0.756. The van der Waals surface area contributed by atoms with Crippen LogP contribution in [-0.4, -0.2) is 34.3 Å². The van der Waals surface area contributed by atoms with E-state index in [0.29, 0.717) is 33.3 Å². The number of anilines is 2. The van der Waals surface area contributed by atoms with Crippen molar-refractivity contribution >= 4 is 34.3 Å². The molecule has 0 saturated carbocycles. The van der Waals surface area contributed by atoms with Crippen molar-refractivity contribution in [1.29, 1.82) is 0 Å². The van der Waals surface area contributed by atoms with E-state index in [9.17, 15) is 5.11 Å². The highest BCUT2D eigenvalue weighted by atomic mass is 35.5. The van der Waals surface area contributed by atoms with Crippen LogP contribution in [0, 0.1) is 11.8 Å². The van der Waals surface area contributed by atoms with Gasteiger partial charge in [0, 0.05) is 18.7 Å². The Labute approximate surface area is 135 Å². The number of aliphatic hydroxyl groups is 1. The third-order valence-corrected chi connectivity index (χ3v) is 3.17. The lowest BCUT2D eigenvalue weighted by molar-refractivity contribution is 0.253. The van der Waals surface area contributed by atoms with Gasteiger partial charge in [-0.1, -0.05) is 23.4 Å². The normalized spacial score (nSPS) is 11.7. The molecule has 1 heterocycles. The Morgan fingerprint density at radius 1 is 1.14 bits per heavy atom. The monoisotopic (exact) mass is 318 g/mol. The fourth-order valence-electron chi connectivity index (χ4n) is 1.94. The van der Waals surface area contributed by atoms with E-state index in [4.69, 9.17) is 11.6 Å². The standard InChI is InChI=1S/C16H19ClN4O/c1-4-18-15-16(19-5-2)21-14-9-12(17)11(7-6-10(3)22)8-13(14)20-15/h8-10,22H,4-5H2,1-3H3,(H,18,20)(H,19,21). The van der Waals surface area contributed by atoms with Gasteiger partial charge in [-0.2, -0.15) is 0 Å². The summed E-state index contributed by atoms with van der Waals surface area (Å²) in [7, 11) is 0. The lowest BCUT2D eigenvalue weighted by Gasteiger charge is -2.11. The highest BCUT2D eigenvalue weighted by Crippen LogP contribution is 2.26. The molecule has 1 unspecified atom stereocenters. The molecule has 0 aliphatic carbocycles. The first kappa shape index (κ1) is 16.3. The zero-order valence-corrected chi connectivity index (χ0v) is 13.6. The summed E-state index contributed by atoms with van der Waals surface area (Å²) in [5.41, 5.74) is 2.03. The molecule has 0 saturated heterocycles. The van der Waals surface area contributed by atoms with E-state index < -0.39 is 6.10 Å². The summed E-state index contributed by atoms with van der Waals surface area (Å²) in [6, 6.07) is 3.53. The molecule has 0 spiro atoms. The number of rotatable bonds is 4. The van der Waals surface area contributed by atoms with Crippen LogP contribution in [0.25, 0.3) is 11.0 Å². The predicted octanol–water partition coefficient (Wildman–Crippen LogP) is 2.88. The third-order valence-electron chi connectivity index (χ3n) is 2.86. The summed E-state index contributed by atoms with van der Waals surface area (Å²) in [4.78, 5) is 9.15. The molecule has 0 amide bonds. The largest absolute Gasteiger partial charge is 0.381 e. The van der Waals surface area contributed by atoms with Crippen molar-refractivity contribution in [1.82, 2.24) is 9.97 Å². The molecule has 0 radical (unpaired) electrons. The zero-order chi connectivity index (χ0) is 16.1. The first-order valence-electron chi connectivity index (χ1n) is 7.23. The van der Waals surface area contributed by atoms with E-state index in [1.807, 2.05) is 13.8 Å². The molecule has 1 aromatic heterocycles. The van der Waals surface area contributed by atoms with Gasteiger partial charge in [-0.05, 0) is 32.9 Å². The Bertz CT molecular complexity index is 734. The van der Waals surface area contributed by atoms with Gasteiger partial charge in [0.2, 0.25) is 0 Å². The van der Waals surface area contributed by atoms with Crippen molar-refractivity contribution in [2.75, 3.05) is 23.7 Å². The van der Waals surface area contributed by atoms with Crippen LogP contribution in [0.3, 0.4) is 0 Å². The van der Waals surface area contributed by atoms with Gasteiger partial charge in [0.25, 0.3) is 0 Å². The Balaban J connectivity index is 2.56. The fourth-order valence-corrected chi connectivity index (χ4v) is 2.14. The number of halogens is 1. The molecule has 0 fully saturated rings. The molecular weight excluding hydrogens is 300 g/mol. The number of benzene rings is 1. The second-order valence-corrected chi connectivity index (χ2v) is 5.15. The SMILES string of the molecule is CCNc1nc2cc(Cl)c(C#CC(C)O)cc2nc1NCC. The molecule has 22 heavy (non-hydrogen) atoms. The lowest BCUT2D eigenvalue weighted by Crippen LogP contribution is -2.08. The minimum atomic E-state index is -0.703. The van der Waals surface area contributed by atoms with Crippen molar-refractivity contribution in [2.24, 2.45) is 0 Å². The van der Waals surface area contributed by atoms with E-state index in [0.717, 1.165) is 13.1 Å². The minimum Gasteiger partial charge on any atom is -0.381 e. The molecule has 1 aromatic carbocycles. The van der Waals surface area contributed by atoms with Crippen LogP contribution in [0.2, 0.25) is 5.02 Å². The highest BCUT2D eigenvalue weighted by Gasteiger charge is 2.10. The molecule has 116 valence electrons. The number of nitrogens with zero attached hydrogens (tertiary/aromatic N) is 2. The van der Waals surface area contributed by atoms with Gasteiger partial charge >= 0.3 is 0 Å². The first-order chi connectivity index (χ1) is 10.5. The Kier molecular flexibility index (Phi) is 5.42.